The molecule has 0 fully saturated rings. The number of hydrogen-bond acceptors (Lipinski definition) is 1. The first-order chi connectivity index (χ1) is 7.74. The van der Waals surface area contributed by atoms with Gasteiger partial charge in [-0.15, -0.1) is 0 Å². The topological polar surface area (TPSA) is 26.0 Å². The summed E-state index contributed by atoms with van der Waals surface area (Å²) in [6.07, 6.45) is 8.11. The number of allylic oxidation sites excluding steroid dienone is 1. The van der Waals surface area contributed by atoms with Gasteiger partial charge in [-0.05, 0) is 43.4 Å². The molecule has 1 unspecified atom stereocenters. The largest absolute Gasteiger partial charge is 0.324 e. The van der Waals surface area contributed by atoms with Gasteiger partial charge in [-0.25, -0.2) is 0 Å². The lowest BCUT2D eigenvalue weighted by molar-refractivity contribution is 0.654. The van der Waals surface area contributed by atoms with E-state index in [0.29, 0.717) is 0 Å². The van der Waals surface area contributed by atoms with Crippen LogP contribution in [0, 0.1) is 0 Å². The SMILES string of the molecule is NC1C=C(Cc2ccc(Cl)cc2)CCCC1. The van der Waals surface area contributed by atoms with Crippen molar-refractivity contribution in [2.45, 2.75) is 38.1 Å². The van der Waals surface area contributed by atoms with E-state index in [1.807, 2.05) is 12.1 Å². The zero-order chi connectivity index (χ0) is 11.4. The summed E-state index contributed by atoms with van der Waals surface area (Å²) >= 11 is 5.87. The predicted molar refractivity (Wildman–Crippen MR) is 69.7 cm³/mol. The number of benzene rings is 1. The van der Waals surface area contributed by atoms with Crippen LogP contribution in [0.15, 0.2) is 35.9 Å². The van der Waals surface area contributed by atoms with Crippen LogP contribution in [0.1, 0.15) is 31.2 Å². The van der Waals surface area contributed by atoms with Gasteiger partial charge in [0.1, 0.15) is 0 Å². The summed E-state index contributed by atoms with van der Waals surface area (Å²) < 4.78 is 0. The molecule has 1 aliphatic carbocycles. The van der Waals surface area contributed by atoms with Crippen LogP contribution in [0.3, 0.4) is 0 Å². The van der Waals surface area contributed by atoms with Crippen LogP contribution in [0.4, 0.5) is 0 Å². The molecule has 86 valence electrons. The maximum atomic E-state index is 6.01. The lowest BCUT2D eigenvalue weighted by Gasteiger charge is -2.07. The van der Waals surface area contributed by atoms with E-state index in [1.54, 1.807) is 0 Å². The Hall–Kier alpha value is -0.790. The second-order valence-corrected chi connectivity index (χ2v) is 4.97. The maximum Gasteiger partial charge on any atom is 0.0406 e. The van der Waals surface area contributed by atoms with Gasteiger partial charge in [-0.1, -0.05) is 41.8 Å². The molecule has 0 saturated carbocycles. The van der Waals surface area contributed by atoms with Gasteiger partial charge < -0.3 is 5.73 Å². The minimum absolute atomic E-state index is 0.254. The molecular weight excluding hydrogens is 218 g/mol. The third kappa shape index (κ3) is 3.36. The molecule has 0 spiro atoms. The summed E-state index contributed by atoms with van der Waals surface area (Å²) in [5.74, 6) is 0. The second-order valence-electron chi connectivity index (χ2n) is 4.54. The minimum atomic E-state index is 0.254. The fourth-order valence-electron chi connectivity index (χ4n) is 2.21. The van der Waals surface area contributed by atoms with E-state index in [9.17, 15) is 0 Å². The summed E-state index contributed by atoms with van der Waals surface area (Å²) in [5, 5.41) is 0.801. The van der Waals surface area contributed by atoms with Gasteiger partial charge in [0.05, 0.1) is 0 Å². The third-order valence-electron chi connectivity index (χ3n) is 3.08. The van der Waals surface area contributed by atoms with E-state index in [-0.39, 0.29) is 6.04 Å². The molecule has 0 aromatic heterocycles. The molecule has 1 aromatic carbocycles. The Kier molecular flexibility index (Phi) is 4.03. The highest BCUT2D eigenvalue weighted by Crippen LogP contribution is 2.21. The number of nitrogens with two attached hydrogens (primary N) is 1. The summed E-state index contributed by atoms with van der Waals surface area (Å²) in [4.78, 5) is 0. The van der Waals surface area contributed by atoms with E-state index in [0.717, 1.165) is 17.9 Å². The Bertz CT molecular complexity index is 367. The molecule has 16 heavy (non-hydrogen) atoms. The molecule has 0 heterocycles. The molecule has 1 atom stereocenters. The van der Waals surface area contributed by atoms with Gasteiger partial charge in [0.2, 0.25) is 0 Å². The van der Waals surface area contributed by atoms with Gasteiger partial charge in [-0.2, -0.15) is 0 Å². The molecule has 2 N–H and O–H groups in total. The van der Waals surface area contributed by atoms with Crippen molar-refractivity contribution < 1.29 is 0 Å². The van der Waals surface area contributed by atoms with Gasteiger partial charge in [0.15, 0.2) is 0 Å². The number of rotatable bonds is 2. The lowest BCUT2D eigenvalue weighted by Crippen LogP contribution is -2.16. The van der Waals surface area contributed by atoms with E-state index in [2.05, 4.69) is 18.2 Å². The first kappa shape index (κ1) is 11.7. The molecule has 2 heteroatoms. The normalized spacial score (nSPS) is 21.4. The predicted octanol–water partition coefficient (Wildman–Crippen LogP) is 3.71. The van der Waals surface area contributed by atoms with Crippen LogP contribution < -0.4 is 5.73 Å². The van der Waals surface area contributed by atoms with Gasteiger partial charge in [0, 0.05) is 11.1 Å². The zero-order valence-corrected chi connectivity index (χ0v) is 10.2. The highest BCUT2D eigenvalue weighted by atomic mass is 35.5. The van der Waals surface area contributed by atoms with Crippen LogP contribution in [-0.4, -0.2) is 6.04 Å². The van der Waals surface area contributed by atoms with Crippen molar-refractivity contribution >= 4 is 11.6 Å². The molecule has 0 radical (unpaired) electrons. The highest BCUT2D eigenvalue weighted by Gasteiger charge is 2.08. The van der Waals surface area contributed by atoms with Crippen molar-refractivity contribution in [2.24, 2.45) is 5.73 Å². The Labute approximate surface area is 102 Å². The minimum Gasteiger partial charge on any atom is -0.324 e. The van der Waals surface area contributed by atoms with Gasteiger partial charge in [-0.3, -0.25) is 0 Å². The summed E-state index contributed by atoms with van der Waals surface area (Å²) in [6.45, 7) is 0. The monoisotopic (exact) mass is 235 g/mol. The Morgan fingerprint density at radius 2 is 1.94 bits per heavy atom. The molecule has 0 amide bonds. The Balaban J connectivity index is 2.05. The van der Waals surface area contributed by atoms with Gasteiger partial charge >= 0.3 is 0 Å². The summed E-state index contributed by atoms with van der Waals surface area (Å²) in [5.41, 5.74) is 8.81. The molecule has 1 aliphatic rings. The number of halogens is 1. The first-order valence-electron chi connectivity index (χ1n) is 5.93. The molecular formula is C14H18ClN. The standard InChI is InChI=1S/C14H18ClN/c15-13-7-5-11(6-8-13)9-12-3-1-2-4-14(16)10-12/h5-8,10,14H,1-4,9,16H2. The smallest absolute Gasteiger partial charge is 0.0406 e. The van der Waals surface area contributed by atoms with Crippen molar-refractivity contribution in [3.63, 3.8) is 0 Å². The van der Waals surface area contributed by atoms with Crippen molar-refractivity contribution in [1.29, 1.82) is 0 Å². The molecule has 1 nitrogen and oxygen atoms in total. The second kappa shape index (κ2) is 5.51. The van der Waals surface area contributed by atoms with E-state index in [4.69, 9.17) is 17.3 Å². The Morgan fingerprint density at radius 3 is 2.69 bits per heavy atom. The molecule has 0 saturated heterocycles. The maximum absolute atomic E-state index is 6.01. The van der Waals surface area contributed by atoms with Crippen LogP contribution in [0.5, 0.6) is 0 Å². The molecule has 0 bridgehead atoms. The Morgan fingerprint density at radius 1 is 1.19 bits per heavy atom. The van der Waals surface area contributed by atoms with E-state index >= 15 is 0 Å². The zero-order valence-electron chi connectivity index (χ0n) is 9.45. The molecule has 2 rings (SSSR count). The fourth-order valence-corrected chi connectivity index (χ4v) is 2.34. The van der Waals surface area contributed by atoms with Crippen LogP contribution >= 0.6 is 11.6 Å². The summed E-state index contributed by atoms with van der Waals surface area (Å²) in [7, 11) is 0. The molecule has 1 aromatic rings. The van der Waals surface area contributed by atoms with Crippen molar-refractivity contribution in [2.75, 3.05) is 0 Å². The quantitative estimate of drug-likeness (QED) is 0.777. The molecule has 0 aliphatic heterocycles. The van der Waals surface area contributed by atoms with Crippen molar-refractivity contribution in [3.8, 4) is 0 Å². The highest BCUT2D eigenvalue weighted by molar-refractivity contribution is 6.30. The average molecular weight is 236 g/mol. The number of hydrogen-bond donors (Lipinski definition) is 1. The van der Waals surface area contributed by atoms with E-state index < -0.39 is 0 Å². The van der Waals surface area contributed by atoms with Crippen molar-refractivity contribution in [3.05, 3.63) is 46.5 Å². The lowest BCUT2D eigenvalue weighted by atomic mass is 10.0. The van der Waals surface area contributed by atoms with Gasteiger partial charge in [0.25, 0.3) is 0 Å². The van der Waals surface area contributed by atoms with Crippen LogP contribution in [-0.2, 0) is 6.42 Å². The van der Waals surface area contributed by atoms with Crippen molar-refractivity contribution in [1.82, 2.24) is 0 Å². The first-order valence-corrected chi connectivity index (χ1v) is 6.31. The third-order valence-corrected chi connectivity index (χ3v) is 3.33. The van der Waals surface area contributed by atoms with Crippen LogP contribution in [0.2, 0.25) is 5.02 Å². The average Bonchev–Trinajstić information content (AvgIpc) is 2.46. The van der Waals surface area contributed by atoms with Crippen LogP contribution in [0.25, 0.3) is 0 Å². The fraction of sp³-hybridized carbons (Fsp3) is 0.429. The van der Waals surface area contributed by atoms with E-state index in [1.165, 1.54) is 30.4 Å². The summed E-state index contributed by atoms with van der Waals surface area (Å²) in [6, 6.07) is 8.35.